The maximum absolute atomic E-state index is 12.9. The van der Waals surface area contributed by atoms with Gasteiger partial charge in [0.1, 0.15) is 17.7 Å². The number of carbonyl (C=O) groups is 1. The van der Waals surface area contributed by atoms with Gasteiger partial charge in [0.05, 0.1) is 46.3 Å². The molecular formula is C35H43N13O. The number of benzene rings is 1. The average Bonchev–Trinajstić information content (AvgIpc) is 3.67. The Morgan fingerprint density at radius 3 is 1.96 bits per heavy atom. The molecule has 49 heavy (non-hydrogen) atoms. The van der Waals surface area contributed by atoms with Crippen LogP contribution >= 0.6 is 0 Å². The molecule has 1 fully saturated rings. The standard InChI is InChI=1S/C24H28N8O.C11H15N5/c1-16(2)32-17(3)27-15-22(32)21-7-8-26-24(29-21)28-19-5-6-20(18(13-19)14-25)23(33)31-11-9-30(4)10-12-31;1-7(2)16-8(3)14-6-10(16)9-4-5-13-11(12)15-9/h5-8,13,15-16H,9-12H2,1-4H3,(H,26,28,29);4-7H,1-3H3,(H2,12,13,15). The number of hydrogen-bond acceptors (Lipinski definition) is 11. The van der Waals surface area contributed by atoms with Gasteiger partial charge >= 0.3 is 0 Å². The van der Waals surface area contributed by atoms with Gasteiger partial charge in [0.15, 0.2) is 0 Å². The van der Waals surface area contributed by atoms with E-state index >= 15 is 0 Å². The Hall–Kier alpha value is -5.68. The van der Waals surface area contributed by atoms with Crippen LogP contribution in [0.1, 0.15) is 67.3 Å². The highest BCUT2D eigenvalue weighted by molar-refractivity contribution is 5.97. The molecule has 0 aliphatic carbocycles. The van der Waals surface area contributed by atoms with Crippen LogP contribution in [0.25, 0.3) is 22.8 Å². The molecule has 14 heteroatoms. The molecule has 5 heterocycles. The minimum absolute atomic E-state index is 0.109. The van der Waals surface area contributed by atoms with Crippen LogP contribution in [-0.2, 0) is 0 Å². The van der Waals surface area contributed by atoms with Crippen molar-refractivity contribution in [1.82, 2.24) is 48.8 Å². The Morgan fingerprint density at radius 2 is 1.41 bits per heavy atom. The lowest BCUT2D eigenvalue weighted by molar-refractivity contribution is 0.0664. The van der Waals surface area contributed by atoms with Crippen molar-refractivity contribution in [3.63, 3.8) is 0 Å². The van der Waals surface area contributed by atoms with Gasteiger partial charge in [-0.15, -0.1) is 0 Å². The number of aromatic nitrogens is 8. The minimum Gasteiger partial charge on any atom is -0.368 e. The highest BCUT2D eigenvalue weighted by atomic mass is 16.2. The fourth-order valence-corrected chi connectivity index (χ4v) is 5.88. The lowest BCUT2D eigenvalue weighted by atomic mass is 10.1. The van der Waals surface area contributed by atoms with E-state index in [2.05, 4.69) is 83.0 Å². The molecule has 1 aliphatic rings. The predicted molar refractivity (Wildman–Crippen MR) is 189 cm³/mol. The quantitative estimate of drug-likeness (QED) is 0.239. The number of carbonyl (C=O) groups excluding carboxylic acids is 1. The lowest BCUT2D eigenvalue weighted by Gasteiger charge is -2.32. The average molecular weight is 662 g/mol. The molecule has 1 saturated heterocycles. The largest absolute Gasteiger partial charge is 0.368 e. The van der Waals surface area contributed by atoms with Crippen LogP contribution in [0.2, 0.25) is 0 Å². The Balaban J connectivity index is 0.000000244. The molecule has 6 rings (SSSR count). The van der Waals surface area contributed by atoms with E-state index in [0.717, 1.165) is 47.5 Å². The number of likely N-dealkylation sites (N-methyl/N-ethyl adjacent to an activating group) is 1. The topological polar surface area (TPSA) is 173 Å². The maximum Gasteiger partial charge on any atom is 0.255 e. The van der Waals surface area contributed by atoms with Crippen molar-refractivity contribution >= 4 is 23.5 Å². The monoisotopic (exact) mass is 661 g/mol. The molecule has 3 N–H and O–H groups in total. The van der Waals surface area contributed by atoms with Gasteiger partial charge in [-0.1, -0.05) is 0 Å². The van der Waals surface area contributed by atoms with Crippen LogP contribution in [0, 0.1) is 25.2 Å². The number of nitriles is 1. The van der Waals surface area contributed by atoms with Crippen molar-refractivity contribution in [1.29, 1.82) is 5.26 Å². The predicted octanol–water partition coefficient (Wildman–Crippen LogP) is 5.04. The summed E-state index contributed by atoms with van der Waals surface area (Å²) in [6.07, 6.45) is 6.98. The molecule has 0 saturated carbocycles. The summed E-state index contributed by atoms with van der Waals surface area (Å²) in [5, 5.41) is 12.8. The van der Waals surface area contributed by atoms with Gasteiger partial charge in [-0.05, 0) is 78.9 Å². The van der Waals surface area contributed by atoms with Gasteiger partial charge in [-0.3, -0.25) is 4.79 Å². The number of rotatable bonds is 7. The van der Waals surface area contributed by atoms with E-state index in [9.17, 15) is 10.1 Å². The van der Waals surface area contributed by atoms with Gasteiger partial charge in [0.25, 0.3) is 5.91 Å². The fourth-order valence-electron chi connectivity index (χ4n) is 5.88. The van der Waals surface area contributed by atoms with E-state index in [4.69, 9.17) is 5.73 Å². The summed E-state index contributed by atoms with van der Waals surface area (Å²) in [7, 11) is 2.04. The molecule has 1 aliphatic heterocycles. The Labute approximate surface area is 286 Å². The molecule has 254 valence electrons. The number of nitrogens with zero attached hydrogens (tertiary/aromatic N) is 11. The maximum atomic E-state index is 12.9. The molecule has 1 aromatic carbocycles. The molecule has 4 aromatic heterocycles. The summed E-state index contributed by atoms with van der Waals surface area (Å²) in [6, 6.07) is 11.6. The van der Waals surface area contributed by atoms with Crippen LogP contribution in [0.3, 0.4) is 0 Å². The Morgan fingerprint density at radius 1 is 0.837 bits per heavy atom. The molecule has 0 radical (unpaired) electrons. The lowest BCUT2D eigenvalue weighted by Crippen LogP contribution is -2.47. The van der Waals surface area contributed by atoms with Crippen LogP contribution in [0.15, 0.2) is 55.1 Å². The minimum atomic E-state index is -0.109. The van der Waals surface area contributed by atoms with Gasteiger partial charge < -0.3 is 30.0 Å². The number of anilines is 3. The SMILES string of the molecule is Cc1ncc(-c2ccnc(N)n2)n1C(C)C.Cc1ncc(-c2ccnc(Nc3ccc(C(=O)N4CCN(C)CC4)c(C#N)c3)n2)n1C(C)C. The molecule has 5 aromatic rings. The van der Waals surface area contributed by atoms with Crippen molar-refractivity contribution in [2.24, 2.45) is 0 Å². The number of hydrogen-bond donors (Lipinski definition) is 2. The highest BCUT2D eigenvalue weighted by Gasteiger charge is 2.23. The summed E-state index contributed by atoms with van der Waals surface area (Å²) in [4.78, 5) is 42.7. The van der Waals surface area contributed by atoms with E-state index < -0.39 is 0 Å². The van der Waals surface area contributed by atoms with Gasteiger partial charge in [0, 0.05) is 56.3 Å². The first-order chi connectivity index (χ1) is 23.5. The third-order valence-electron chi connectivity index (χ3n) is 8.27. The van der Waals surface area contributed by atoms with Crippen LogP contribution in [0.5, 0.6) is 0 Å². The smallest absolute Gasteiger partial charge is 0.255 e. The van der Waals surface area contributed by atoms with Gasteiger partial charge in [-0.2, -0.15) is 5.26 Å². The zero-order valence-electron chi connectivity index (χ0n) is 29.1. The molecule has 0 atom stereocenters. The first-order valence-corrected chi connectivity index (χ1v) is 16.3. The summed E-state index contributed by atoms with van der Waals surface area (Å²) in [6.45, 7) is 15.4. The van der Waals surface area contributed by atoms with Crippen molar-refractivity contribution < 1.29 is 4.79 Å². The number of nitrogens with one attached hydrogen (secondary N) is 1. The number of aryl methyl sites for hydroxylation is 2. The van der Waals surface area contributed by atoms with Crippen LogP contribution in [-0.4, -0.2) is 88.0 Å². The first-order valence-electron chi connectivity index (χ1n) is 16.3. The molecule has 14 nitrogen and oxygen atoms in total. The second-order valence-corrected chi connectivity index (χ2v) is 12.5. The second kappa shape index (κ2) is 15.0. The third-order valence-corrected chi connectivity index (χ3v) is 8.27. The Kier molecular flexibility index (Phi) is 10.6. The number of imidazole rings is 2. The van der Waals surface area contributed by atoms with E-state index in [1.54, 1.807) is 35.5 Å². The molecular weight excluding hydrogens is 618 g/mol. The number of nitrogens with two attached hydrogens (primary N) is 1. The zero-order valence-corrected chi connectivity index (χ0v) is 29.1. The van der Waals surface area contributed by atoms with E-state index in [1.165, 1.54) is 0 Å². The van der Waals surface area contributed by atoms with E-state index in [0.29, 0.717) is 41.9 Å². The summed E-state index contributed by atoms with van der Waals surface area (Å²) in [5.74, 6) is 2.48. The molecule has 0 bridgehead atoms. The zero-order chi connectivity index (χ0) is 35.2. The molecule has 1 amide bonds. The van der Waals surface area contributed by atoms with Crippen LogP contribution < -0.4 is 11.1 Å². The summed E-state index contributed by atoms with van der Waals surface area (Å²) >= 11 is 0. The number of piperazine rings is 1. The number of nitrogen functional groups attached to an aromatic ring is 1. The second-order valence-electron chi connectivity index (χ2n) is 12.5. The summed E-state index contributed by atoms with van der Waals surface area (Å²) < 4.78 is 4.25. The van der Waals surface area contributed by atoms with Crippen molar-refractivity contribution in [2.75, 3.05) is 44.3 Å². The normalized spacial score (nSPS) is 13.3. The first kappa shape index (κ1) is 34.6. The van der Waals surface area contributed by atoms with Crippen LogP contribution in [0.4, 0.5) is 17.6 Å². The van der Waals surface area contributed by atoms with Crippen molar-refractivity contribution in [3.8, 4) is 28.8 Å². The number of amides is 1. The Bertz CT molecular complexity index is 1960. The molecule has 0 spiro atoms. The third kappa shape index (κ3) is 7.90. The fraction of sp³-hybridized carbons (Fsp3) is 0.371. The van der Waals surface area contributed by atoms with Crippen molar-refractivity contribution in [3.05, 3.63) is 77.9 Å². The van der Waals surface area contributed by atoms with Gasteiger partial charge in [-0.25, -0.2) is 29.9 Å². The highest BCUT2D eigenvalue weighted by Crippen LogP contribution is 2.26. The van der Waals surface area contributed by atoms with E-state index in [1.807, 2.05) is 45.4 Å². The van der Waals surface area contributed by atoms with E-state index in [-0.39, 0.29) is 17.9 Å². The summed E-state index contributed by atoms with van der Waals surface area (Å²) in [5.41, 5.74) is 10.4. The molecule has 0 unspecified atom stereocenters. The van der Waals surface area contributed by atoms with Gasteiger partial charge in [0.2, 0.25) is 11.9 Å². The van der Waals surface area contributed by atoms with Crippen molar-refractivity contribution in [2.45, 2.75) is 53.6 Å².